The predicted molar refractivity (Wildman–Crippen MR) is 90.7 cm³/mol. The molecule has 0 aliphatic carbocycles. The Hall–Kier alpha value is -1.99. The molecule has 1 amide bonds. The summed E-state index contributed by atoms with van der Waals surface area (Å²) < 4.78 is 5.11. The van der Waals surface area contributed by atoms with Crippen LogP contribution in [0, 0.1) is 5.92 Å². The summed E-state index contributed by atoms with van der Waals surface area (Å²) in [6.45, 7) is 4.54. The van der Waals surface area contributed by atoms with Crippen LogP contribution in [0.2, 0.25) is 0 Å². The van der Waals surface area contributed by atoms with Crippen molar-refractivity contribution >= 4 is 12.4 Å². The topological polar surface area (TPSA) is 83.0 Å². The molecular weight excluding hydrogens is 310 g/mol. The van der Waals surface area contributed by atoms with Gasteiger partial charge in [0.05, 0.1) is 13.0 Å². The van der Waals surface area contributed by atoms with Crippen LogP contribution in [0.3, 0.4) is 0 Å². The van der Waals surface area contributed by atoms with Gasteiger partial charge in [-0.1, -0.05) is 0 Å². The summed E-state index contributed by atoms with van der Waals surface area (Å²) in [5.41, 5.74) is 1.02. The summed E-state index contributed by atoms with van der Waals surface area (Å²) in [6, 6.07) is 3.79. The van der Waals surface area contributed by atoms with Gasteiger partial charge < -0.3 is 19.6 Å². The van der Waals surface area contributed by atoms with E-state index in [4.69, 9.17) is 14.6 Å². The fourth-order valence-corrected chi connectivity index (χ4v) is 2.78. The summed E-state index contributed by atoms with van der Waals surface area (Å²) in [6.07, 6.45) is 5.08. The maximum atomic E-state index is 12.2. The lowest BCUT2D eigenvalue weighted by molar-refractivity contribution is -0.129. The summed E-state index contributed by atoms with van der Waals surface area (Å²) >= 11 is 0. The van der Waals surface area contributed by atoms with Crippen molar-refractivity contribution in [1.82, 2.24) is 14.8 Å². The highest BCUT2D eigenvalue weighted by Gasteiger charge is 2.24. The second-order valence-corrected chi connectivity index (χ2v) is 5.86. The molecule has 1 aromatic rings. The highest BCUT2D eigenvalue weighted by Crippen LogP contribution is 2.17. The van der Waals surface area contributed by atoms with Gasteiger partial charge in [-0.15, -0.1) is 0 Å². The molecule has 0 radical (unpaired) electrons. The van der Waals surface area contributed by atoms with E-state index in [0.29, 0.717) is 12.3 Å². The Kier molecular flexibility index (Phi) is 9.64. The van der Waals surface area contributed by atoms with Crippen LogP contribution >= 0.6 is 0 Å². The zero-order chi connectivity index (χ0) is 17.8. The van der Waals surface area contributed by atoms with Crippen molar-refractivity contribution in [2.75, 3.05) is 46.9 Å². The predicted octanol–water partition coefficient (Wildman–Crippen LogP) is 0.752. The van der Waals surface area contributed by atoms with Gasteiger partial charge in [0.25, 0.3) is 6.47 Å². The number of amides is 1. The minimum atomic E-state index is -0.250. The summed E-state index contributed by atoms with van der Waals surface area (Å²) in [7, 11) is 3.64. The number of nitrogens with zero attached hydrogens (tertiary/aromatic N) is 3. The third-order valence-corrected chi connectivity index (χ3v) is 4.04. The van der Waals surface area contributed by atoms with E-state index in [2.05, 4.69) is 9.88 Å². The van der Waals surface area contributed by atoms with Gasteiger partial charge in [0, 0.05) is 46.2 Å². The van der Waals surface area contributed by atoms with Crippen molar-refractivity contribution in [2.45, 2.75) is 12.8 Å². The van der Waals surface area contributed by atoms with Crippen molar-refractivity contribution in [2.24, 2.45) is 5.92 Å². The van der Waals surface area contributed by atoms with Gasteiger partial charge in [-0.2, -0.15) is 0 Å². The number of carbonyl (C=O) groups is 2. The second kappa shape index (κ2) is 11.5. The highest BCUT2D eigenvalue weighted by molar-refractivity contribution is 5.78. The Morgan fingerprint density at radius 1 is 1.50 bits per heavy atom. The average molecular weight is 337 g/mol. The van der Waals surface area contributed by atoms with Crippen LogP contribution in [-0.2, 0) is 20.7 Å². The van der Waals surface area contributed by atoms with E-state index in [1.165, 1.54) is 0 Å². The van der Waals surface area contributed by atoms with Crippen LogP contribution in [0.5, 0.6) is 0 Å². The molecule has 0 aromatic carbocycles. The first-order valence-electron chi connectivity index (χ1n) is 8.02. The van der Waals surface area contributed by atoms with Crippen LogP contribution in [0.25, 0.3) is 0 Å². The van der Waals surface area contributed by atoms with Gasteiger partial charge in [0.1, 0.15) is 0 Å². The molecule has 1 aromatic heterocycles. The number of carbonyl (C=O) groups excluding carboxylic acids is 1. The molecule has 1 aliphatic heterocycles. The van der Waals surface area contributed by atoms with E-state index < -0.39 is 0 Å². The largest absolute Gasteiger partial charge is 0.483 e. The van der Waals surface area contributed by atoms with Crippen LogP contribution < -0.4 is 0 Å². The normalized spacial score (nSPS) is 17.0. The minimum Gasteiger partial charge on any atom is -0.483 e. The molecule has 7 nitrogen and oxygen atoms in total. The van der Waals surface area contributed by atoms with Gasteiger partial charge in [-0.25, -0.2) is 0 Å². The first-order valence-corrected chi connectivity index (χ1v) is 8.02. The van der Waals surface area contributed by atoms with E-state index in [9.17, 15) is 4.79 Å². The molecule has 1 fully saturated rings. The highest BCUT2D eigenvalue weighted by atomic mass is 16.5. The Morgan fingerprint density at radius 2 is 2.17 bits per heavy atom. The maximum Gasteiger partial charge on any atom is 0.290 e. The van der Waals surface area contributed by atoms with Crippen molar-refractivity contribution in [3.05, 3.63) is 30.1 Å². The number of pyridine rings is 1. The molecule has 24 heavy (non-hydrogen) atoms. The van der Waals surface area contributed by atoms with Crippen LogP contribution in [-0.4, -0.2) is 79.2 Å². The summed E-state index contributed by atoms with van der Waals surface area (Å²) in [5.74, 6) is 0.754. The number of hydrogen-bond acceptors (Lipinski definition) is 5. The van der Waals surface area contributed by atoms with Crippen molar-refractivity contribution in [3.63, 3.8) is 0 Å². The Morgan fingerprint density at radius 3 is 2.79 bits per heavy atom. The zero-order valence-corrected chi connectivity index (χ0v) is 14.4. The van der Waals surface area contributed by atoms with Gasteiger partial charge in [0.2, 0.25) is 5.91 Å². The smallest absolute Gasteiger partial charge is 0.290 e. The standard InChI is InChI=1S/C16H25N3O2.CH2O2/c1-18(16(20)11-14-3-6-17-7-4-14)12-15-5-8-19(13-15)9-10-21-2;2-1-3/h3-4,6-7,15H,5,8-13H2,1-2H3;1H,(H,2,3). The quantitative estimate of drug-likeness (QED) is 0.740. The number of likely N-dealkylation sites (N-methyl/N-ethyl adjacent to an activating group) is 1. The third-order valence-electron chi connectivity index (χ3n) is 4.04. The van der Waals surface area contributed by atoms with Gasteiger partial charge in [-0.3, -0.25) is 14.6 Å². The van der Waals surface area contributed by atoms with Crippen molar-refractivity contribution in [3.8, 4) is 0 Å². The van der Waals surface area contributed by atoms with E-state index in [-0.39, 0.29) is 12.4 Å². The molecule has 7 heteroatoms. The number of carboxylic acid groups (broad SMARTS) is 1. The SMILES string of the molecule is COCCN1CCC(CN(C)C(=O)Cc2ccncc2)C1.O=CO. The zero-order valence-electron chi connectivity index (χ0n) is 14.4. The van der Waals surface area contributed by atoms with Gasteiger partial charge in [0.15, 0.2) is 0 Å². The lowest BCUT2D eigenvalue weighted by atomic mass is 10.1. The molecule has 2 heterocycles. The van der Waals surface area contributed by atoms with Gasteiger partial charge >= 0.3 is 0 Å². The molecule has 134 valence electrons. The molecule has 0 saturated carbocycles. The minimum absolute atomic E-state index is 0.177. The van der Waals surface area contributed by atoms with Crippen molar-refractivity contribution < 1.29 is 19.4 Å². The molecule has 1 unspecified atom stereocenters. The third kappa shape index (κ3) is 7.52. The fraction of sp³-hybridized carbons (Fsp3) is 0.588. The lowest BCUT2D eigenvalue weighted by Crippen LogP contribution is -2.34. The molecular formula is C17H27N3O4. The maximum absolute atomic E-state index is 12.2. The van der Waals surface area contributed by atoms with E-state index >= 15 is 0 Å². The number of rotatable bonds is 7. The fourth-order valence-electron chi connectivity index (χ4n) is 2.78. The summed E-state index contributed by atoms with van der Waals surface area (Å²) in [5, 5.41) is 6.89. The second-order valence-electron chi connectivity index (χ2n) is 5.86. The summed E-state index contributed by atoms with van der Waals surface area (Å²) in [4.78, 5) is 28.8. The number of aromatic nitrogens is 1. The number of ether oxygens (including phenoxy) is 1. The van der Waals surface area contributed by atoms with E-state index in [1.807, 2.05) is 24.1 Å². The van der Waals surface area contributed by atoms with Crippen molar-refractivity contribution in [1.29, 1.82) is 0 Å². The number of hydrogen-bond donors (Lipinski definition) is 1. The molecule has 1 saturated heterocycles. The molecule has 0 spiro atoms. The van der Waals surface area contributed by atoms with Gasteiger partial charge in [-0.05, 0) is 36.6 Å². The van der Waals surface area contributed by atoms with Crippen LogP contribution in [0.15, 0.2) is 24.5 Å². The van der Waals surface area contributed by atoms with Crippen LogP contribution in [0.1, 0.15) is 12.0 Å². The molecule has 0 bridgehead atoms. The number of methoxy groups -OCH3 is 1. The van der Waals surface area contributed by atoms with Crippen LogP contribution in [0.4, 0.5) is 0 Å². The number of likely N-dealkylation sites (tertiary alicyclic amines) is 1. The molecule has 1 N–H and O–H groups in total. The first kappa shape index (κ1) is 20.1. The molecule has 2 rings (SSSR count). The molecule has 1 aliphatic rings. The lowest BCUT2D eigenvalue weighted by Gasteiger charge is -2.22. The Labute approximate surface area is 143 Å². The Bertz CT molecular complexity index is 484. The Balaban J connectivity index is 0.000000891. The first-order chi connectivity index (χ1) is 11.6. The van der Waals surface area contributed by atoms with E-state index in [1.54, 1.807) is 19.5 Å². The van der Waals surface area contributed by atoms with E-state index in [0.717, 1.165) is 44.8 Å². The molecule has 1 atom stereocenters. The monoisotopic (exact) mass is 337 g/mol. The average Bonchev–Trinajstić information content (AvgIpc) is 3.02.